The van der Waals surface area contributed by atoms with Crippen LogP contribution in [-0.4, -0.2) is 34.8 Å². The molecular formula is C12H21N3O. The normalized spacial score (nSPS) is 10.9. The van der Waals surface area contributed by atoms with Gasteiger partial charge in [-0.2, -0.15) is 0 Å². The van der Waals surface area contributed by atoms with Crippen molar-refractivity contribution in [3.05, 3.63) is 17.6 Å². The summed E-state index contributed by atoms with van der Waals surface area (Å²) in [5.74, 6) is 2.10. The van der Waals surface area contributed by atoms with E-state index in [0.717, 1.165) is 23.9 Å². The van der Waals surface area contributed by atoms with Gasteiger partial charge in [-0.25, -0.2) is 9.97 Å². The Hall–Kier alpha value is -1.16. The molecule has 0 atom stereocenters. The third kappa shape index (κ3) is 3.17. The minimum Gasteiger partial charge on any atom is -0.395 e. The Morgan fingerprint density at radius 3 is 2.56 bits per heavy atom. The standard InChI is InChI=1S/C12H21N3O/c1-5-15(6-7-16)11-8-10(4)13-12(14-11)9(2)3/h8-9,16H,5-7H2,1-4H3. The van der Waals surface area contributed by atoms with Crippen molar-refractivity contribution in [1.29, 1.82) is 0 Å². The number of hydrogen-bond acceptors (Lipinski definition) is 4. The van der Waals surface area contributed by atoms with Crippen LogP contribution in [0, 0.1) is 6.92 Å². The Bertz CT molecular complexity index is 339. The molecule has 1 N–H and O–H groups in total. The van der Waals surface area contributed by atoms with Crippen LogP contribution < -0.4 is 4.90 Å². The summed E-state index contributed by atoms with van der Waals surface area (Å²) in [5, 5.41) is 8.99. The summed E-state index contributed by atoms with van der Waals surface area (Å²) < 4.78 is 0. The predicted octanol–water partition coefficient (Wildman–Crippen LogP) is 1.73. The van der Waals surface area contributed by atoms with Crippen LogP contribution in [0.15, 0.2) is 6.07 Å². The topological polar surface area (TPSA) is 49.2 Å². The molecule has 1 aromatic heterocycles. The van der Waals surface area contributed by atoms with Gasteiger partial charge >= 0.3 is 0 Å². The quantitative estimate of drug-likeness (QED) is 0.826. The van der Waals surface area contributed by atoms with E-state index in [1.807, 2.05) is 13.0 Å². The molecule has 0 aliphatic carbocycles. The highest BCUT2D eigenvalue weighted by Crippen LogP contribution is 2.16. The summed E-state index contributed by atoms with van der Waals surface area (Å²) in [6, 6.07) is 1.96. The summed E-state index contributed by atoms with van der Waals surface area (Å²) in [4.78, 5) is 11.0. The summed E-state index contributed by atoms with van der Waals surface area (Å²) >= 11 is 0. The first kappa shape index (κ1) is 12.9. The van der Waals surface area contributed by atoms with Crippen LogP contribution in [0.2, 0.25) is 0 Å². The maximum absolute atomic E-state index is 8.99. The lowest BCUT2D eigenvalue weighted by Gasteiger charge is -2.22. The molecule has 0 aromatic carbocycles. The van der Waals surface area contributed by atoms with E-state index >= 15 is 0 Å². The molecule has 0 radical (unpaired) electrons. The average Bonchev–Trinajstić information content (AvgIpc) is 2.24. The fourth-order valence-corrected chi connectivity index (χ4v) is 1.55. The Balaban J connectivity index is 3.02. The van der Waals surface area contributed by atoms with Crippen LogP contribution in [0.5, 0.6) is 0 Å². The molecule has 0 saturated carbocycles. The van der Waals surface area contributed by atoms with Crippen molar-refractivity contribution in [2.45, 2.75) is 33.6 Å². The minimum absolute atomic E-state index is 0.147. The molecule has 0 amide bonds. The van der Waals surface area contributed by atoms with Gasteiger partial charge in [-0.15, -0.1) is 0 Å². The summed E-state index contributed by atoms with van der Waals surface area (Å²) in [5.41, 5.74) is 0.977. The molecule has 4 heteroatoms. The summed E-state index contributed by atoms with van der Waals surface area (Å²) in [6.45, 7) is 9.81. The van der Waals surface area contributed by atoms with Crippen LogP contribution in [0.3, 0.4) is 0 Å². The zero-order valence-electron chi connectivity index (χ0n) is 10.6. The number of aryl methyl sites for hydroxylation is 1. The summed E-state index contributed by atoms with van der Waals surface area (Å²) in [6.07, 6.45) is 0. The predicted molar refractivity (Wildman–Crippen MR) is 65.8 cm³/mol. The zero-order chi connectivity index (χ0) is 12.1. The smallest absolute Gasteiger partial charge is 0.133 e. The fourth-order valence-electron chi connectivity index (χ4n) is 1.55. The molecular weight excluding hydrogens is 202 g/mol. The third-order valence-corrected chi connectivity index (χ3v) is 2.45. The first-order valence-corrected chi connectivity index (χ1v) is 5.79. The maximum Gasteiger partial charge on any atom is 0.133 e. The highest BCUT2D eigenvalue weighted by molar-refractivity contribution is 5.39. The number of aromatic nitrogens is 2. The van der Waals surface area contributed by atoms with E-state index in [1.54, 1.807) is 0 Å². The molecule has 1 rings (SSSR count). The van der Waals surface area contributed by atoms with E-state index in [0.29, 0.717) is 12.5 Å². The zero-order valence-corrected chi connectivity index (χ0v) is 10.6. The molecule has 90 valence electrons. The third-order valence-electron chi connectivity index (χ3n) is 2.45. The van der Waals surface area contributed by atoms with Crippen LogP contribution in [0.4, 0.5) is 5.82 Å². The van der Waals surface area contributed by atoms with Crippen molar-refractivity contribution in [3.63, 3.8) is 0 Å². The van der Waals surface area contributed by atoms with Crippen molar-refractivity contribution in [1.82, 2.24) is 9.97 Å². The fraction of sp³-hybridized carbons (Fsp3) is 0.667. The number of nitrogens with zero attached hydrogens (tertiary/aromatic N) is 3. The van der Waals surface area contributed by atoms with Crippen molar-refractivity contribution in [2.24, 2.45) is 0 Å². The average molecular weight is 223 g/mol. The van der Waals surface area contributed by atoms with E-state index in [4.69, 9.17) is 5.11 Å². The number of anilines is 1. The number of hydrogen-bond donors (Lipinski definition) is 1. The first-order valence-electron chi connectivity index (χ1n) is 5.79. The Kier molecular flexibility index (Phi) is 4.68. The van der Waals surface area contributed by atoms with Gasteiger partial charge in [0.1, 0.15) is 11.6 Å². The largest absolute Gasteiger partial charge is 0.395 e. The maximum atomic E-state index is 8.99. The molecule has 0 saturated heterocycles. The van der Waals surface area contributed by atoms with Gasteiger partial charge in [0.25, 0.3) is 0 Å². The van der Waals surface area contributed by atoms with Gasteiger partial charge in [-0.05, 0) is 13.8 Å². The van der Waals surface area contributed by atoms with Gasteiger partial charge in [0.05, 0.1) is 6.61 Å². The number of rotatable bonds is 5. The van der Waals surface area contributed by atoms with Crippen LogP contribution in [-0.2, 0) is 0 Å². The molecule has 0 fully saturated rings. The van der Waals surface area contributed by atoms with Gasteiger partial charge < -0.3 is 10.0 Å². The van der Waals surface area contributed by atoms with E-state index in [2.05, 4.69) is 35.6 Å². The highest BCUT2D eigenvalue weighted by atomic mass is 16.3. The molecule has 4 nitrogen and oxygen atoms in total. The lowest BCUT2D eigenvalue weighted by atomic mass is 10.2. The Labute approximate surface area is 97.3 Å². The van der Waals surface area contributed by atoms with E-state index < -0.39 is 0 Å². The second kappa shape index (κ2) is 5.80. The number of likely N-dealkylation sites (N-methyl/N-ethyl adjacent to an activating group) is 1. The van der Waals surface area contributed by atoms with Crippen molar-refractivity contribution >= 4 is 5.82 Å². The SMILES string of the molecule is CCN(CCO)c1cc(C)nc(C(C)C)n1. The molecule has 1 heterocycles. The minimum atomic E-state index is 0.147. The lowest BCUT2D eigenvalue weighted by molar-refractivity contribution is 0.302. The van der Waals surface area contributed by atoms with E-state index in [-0.39, 0.29) is 6.61 Å². The number of aliphatic hydroxyl groups is 1. The van der Waals surface area contributed by atoms with Crippen molar-refractivity contribution < 1.29 is 5.11 Å². The Morgan fingerprint density at radius 2 is 2.06 bits per heavy atom. The first-order chi connectivity index (χ1) is 7.58. The van der Waals surface area contributed by atoms with E-state index in [9.17, 15) is 0 Å². The monoisotopic (exact) mass is 223 g/mol. The molecule has 0 spiro atoms. The van der Waals surface area contributed by atoms with Crippen LogP contribution >= 0.6 is 0 Å². The molecule has 0 aliphatic heterocycles. The van der Waals surface area contributed by atoms with Gasteiger partial charge in [0.2, 0.25) is 0 Å². The van der Waals surface area contributed by atoms with Gasteiger partial charge in [0, 0.05) is 30.8 Å². The molecule has 0 bridgehead atoms. The lowest BCUT2D eigenvalue weighted by Crippen LogP contribution is -2.27. The highest BCUT2D eigenvalue weighted by Gasteiger charge is 2.10. The molecule has 16 heavy (non-hydrogen) atoms. The van der Waals surface area contributed by atoms with Gasteiger partial charge in [0.15, 0.2) is 0 Å². The van der Waals surface area contributed by atoms with Crippen molar-refractivity contribution in [2.75, 3.05) is 24.6 Å². The Morgan fingerprint density at radius 1 is 1.38 bits per heavy atom. The van der Waals surface area contributed by atoms with Gasteiger partial charge in [-0.3, -0.25) is 0 Å². The molecule has 1 aromatic rings. The van der Waals surface area contributed by atoms with Crippen molar-refractivity contribution in [3.8, 4) is 0 Å². The number of aliphatic hydroxyl groups excluding tert-OH is 1. The molecule has 0 unspecified atom stereocenters. The second-order valence-electron chi connectivity index (χ2n) is 4.18. The van der Waals surface area contributed by atoms with E-state index in [1.165, 1.54) is 0 Å². The summed E-state index contributed by atoms with van der Waals surface area (Å²) in [7, 11) is 0. The van der Waals surface area contributed by atoms with Gasteiger partial charge in [-0.1, -0.05) is 13.8 Å². The second-order valence-corrected chi connectivity index (χ2v) is 4.18. The van der Waals surface area contributed by atoms with Crippen LogP contribution in [0.1, 0.15) is 38.2 Å². The molecule has 0 aliphatic rings. The van der Waals surface area contributed by atoms with Crippen LogP contribution in [0.25, 0.3) is 0 Å².